The van der Waals surface area contributed by atoms with Crippen LogP contribution in [-0.2, 0) is 25.8 Å². The van der Waals surface area contributed by atoms with E-state index in [1.807, 2.05) is 0 Å². The van der Waals surface area contributed by atoms with E-state index >= 15 is 0 Å². The number of aromatic nitrogens is 1. The number of halogens is 1. The third-order valence-corrected chi connectivity index (χ3v) is 5.99. The summed E-state index contributed by atoms with van der Waals surface area (Å²) in [6.45, 7) is 0. The summed E-state index contributed by atoms with van der Waals surface area (Å²) in [5.74, 6) is -0.315. The van der Waals surface area contributed by atoms with Gasteiger partial charge < -0.3 is 0 Å². The molecule has 0 saturated carbocycles. The Hall–Kier alpha value is -1.20. The van der Waals surface area contributed by atoms with E-state index in [9.17, 15) is 16.8 Å². The second kappa shape index (κ2) is 5.89. The number of sulfonamides is 2. The van der Waals surface area contributed by atoms with Crippen LogP contribution in [0.4, 0.5) is 5.69 Å². The molecule has 3 N–H and O–H groups in total. The summed E-state index contributed by atoms with van der Waals surface area (Å²) in [7, 11) is -7.39. The van der Waals surface area contributed by atoms with Gasteiger partial charge in [-0.15, -0.1) is 0 Å². The van der Waals surface area contributed by atoms with Crippen LogP contribution in [0, 0.1) is 0 Å². The topological polar surface area (TPSA) is 119 Å². The van der Waals surface area contributed by atoms with Crippen LogP contribution in [0.2, 0.25) is 4.47 Å². The van der Waals surface area contributed by atoms with Gasteiger partial charge in [0, 0.05) is 5.69 Å². The summed E-state index contributed by atoms with van der Waals surface area (Å²) >= 11 is 6.43. The highest BCUT2D eigenvalue weighted by Gasteiger charge is 2.17. The Bertz CT molecular complexity index is 844. The molecule has 11 heteroatoms. The van der Waals surface area contributed by atoms with Crippen LogP contribution >= 0.6 is 22.9 Å². The summed E-state index contributed by atoms with van der Waals surface area (Å²) < 4.78 is 48.4. The van der Waals surface area contributed by atoms with Crippen LogP contribution in [0.1, 0.15) is 5.56 Å². The number of hydrogen-bond acceptors (Lipinski definition) is 6. The summed E-state index contributed by atoms with van der Waals surface area (Å²) in [5.41, 5.74) is 0.749. The number of nitrogens with one attached hydrogen (secondary N) is 1. The molecule has 0 radical (unpaired) electrons. The van der Waals surface area contributed by atoms with E-state index in [4.69, 9.17) is 16.7 Å². The van der Waals surface area contributed by atoms with Crippen LogP contribution in [0.5, 0.6) is 0 Å². The van der Waals surface area contributed by atoms with Crippen molar-refractivity contribution in [1.29, 1.82) is 0 Å². The van der Waals surface area contributed by atoms with Gasteiger partial charge in [-0.05, 0) is 17.7 Å². The fourth-order valence-corrected chi connectivity index (χ4v) is 4.48. The first-order valence-electron chi connectivity index (χ1n) is 5.39. The number of nitrogens with zero attached hydrogens (tertiary/aromatic N) is 1. The number of primary sulfonamides is 1. The lowest BCUT2D eigenvalue weighted by Crippen LogP contribution is -2.14. The summed E-state index contributed by atoms with van der Waals surface area (Å²) in [4.78, 5) is 3.66. The first-order chi connectivity index (χ1) is 9.66. The Morgan fingerprint density at radius 2 is 1.81 bits per heavy atom. The van der Waals surface area contributed by atoms with Gasteiger partial charge in [0.2, 0.25) is 10.0 Å². The van der Waals surface area contributed by atoms with Gasteiger partial charge in [-0.2, -0.15) is 0 Å². The van der Waals surface area contributed by atoms with Crippen molar-refractivity contribution in [2.45, 2.75) is 9.96 Å². The summed E-state index contributed by atoms with van der Waals surface area (Å²) in [6.07, 6.45) is 1.16. The largest absolute Gasteiger partial charge is 0.279 e. The number of rotatable bonds is 5. The predicted molar refractivity (Wildman–Crippen MR) is 81.2 cm³/mol. The Morgan fingerprint density at radius 3 is 2.29 bits per heavy atom. The zero-order valence-electron chi connectivity index (χ0n) is 10.4. The number of hydrogen-bond donors (Lipinski definition) is 2. The summed E-state index contributed by atoms with van der Waals surface area (Å²) in [5, 5.41) is 4.93. The molecule has 2 rings (SSSR count). The zero-order chi connectivity index (χ0) is 15.7. The van der Waals surface area contributed by atoms with Gasteiger partial charge in [0.05, 0.1) is 11.9 Å². The highest BCUT2D eigenvalue weighted by molar-refractivity contribution is 7.94. The molecule has 0 fully saturated rings. The van der Waals surface area contributed by atoms with Crippen LogP contribution < -0.4 is 9.86 Å². The SMILES string of the molecule is NS(=O)(=O)Cc1ccc(NS(=O)(=O)c2cnc(Cl)s2)cc1. The van der Waals surface area contributed by atoms with Crippen LogP contribution in [0.3, 0.4) is 0 Å². The molecule has 0 aliphatic heterocycles. The molecule has 0 saturated heterocycles. The average molecular weight is 368 g/mol. The van der Waals surface area contributed by atoms with Crippen LogP contribution in [-0.4, -0.2) is 21.8 Å². The lowest BCUT2D eigenvalue weighted by Gasteiger charge is -2.06. The lowest BCUT2D eigenvalue weighted by molar-refractivity contribution is 0.596. The van der Waals surface area contributed by atoms with E-state index in [0.717, 1.165) is 17.5 Å². The average Bonchev–Trinajstić information content (AvgIpc) is 2.77. The van der Waals surface area contributed by atoms with Gasteiger partial charge in [0.15, 0.2) is 8.68 Å². The van der Waals surface area contributed by atoms with Gasteiger partial charge in [0.1, 0.15) is 0 Å². The molecule has 0 bridgehead atoms. The molecule has 1 heterocycles. The van der Waals surface area contributed by atoms with Gasteiger partial charge in [-0.3, -0.25) is 4.72 Å². The number of benzene rings is 1. The standard InChI is InChI=1S/C10H10ClN3O4S3/c11-10-13-5-9(19-10)21(17,18)14-8-3-1-7(2-4-8)6-20(12,15)16/h1-5,14H,6H2,(H2,12,15,16). The Morgan fingerprint density at radius 1 is 1.19 bits per heavy atom. The molecule has 0 aliphatic carbocycles. The number of thiazole rings is 1. The fraction of sp³-hybridized carbons (Fsp3) is 0.100. The zero-order valence-corrected chi connectivity index (χ0v) is 13.6. The predicted octanol–water partition coefficient (Wildman–Crippen LogP) is 1.39. The van der Waals surface area contributed by atoms with Gasteiger partial charge in [0.25, 0.3) is 10.0 Å². The van der Waals surface area contributed by atoms with Crippen molar-refractivity contribution in [1.82, 2.24) is 4.98 Å². The molecule has 2 aromatic rings. The molecule has 0 unspecified atom stereocenters. The van der Waals surface area contributed by atoms with Gasteiger partial charge >= 0.3 is 0 Å². The van der Waals surface area contributed by atoms with E-state index < -0.39 is 20.0 Å². The van der Waals surface area contributed by atoms with E-state index in [1.165, 1.54) is 24.3 Å². The van der Waals surface area contributed by atoms with Crippen molar-refractivity contribution in [3.63, 3.8) is 0 Å². The molecule has 7 nitrogen and oxygen atoms in total. The van der Waals surface area contributed by atoms with Crippen molar-refractivity contribution in [2.75, 3.05) is 4.72 Å². The molecular weight excluding hydrogens is 358 g/mol. The van der Waals surface area contributed by atoms with E-state index in [2.05, 4.69) is 9.71 Å². The lowest BCUT2D eigenvalue weighted by atomic mass is 10.2. The summed E-state index contributed by atoms with van der Waals surface area (Å²) in [6, 6.07) is 5.84. The van der Waals surface area contributed by atoms with Crippen LogP contribution in [0.15, 0.2) is 34.7 Å². The van der Waals surface area contributed by atoms with Crippen molar-refractivity contribution in [2.24, 2.45) is 5.14 Å². The van der Waals surface area contributed by atoms with Crippen molar-refractivity contribution in [3.8, 4) is 0 Å². The minimum atomic E-state index is -3.76. The molecule has 0 aliphatic rings. The van der Waals surface area contributed by atoms with Crippen LogP contribution in [0.25, 0.3) is 0 Å². The van der Waals surface area contributed by atoms with Gasteiger partial charge in [-0.25, -0.2) is 27.0 Å². The molecular formula is C10H10ClN3O4S3. The highest BCUT2D eigenvalue weighted by Crippen LogP contribution is 2.24. The van der Waals surface area contributed by atoms with Gasteiger partial charge in [-0.1, -0.05) is 35.1 Å². The van der Waals surface area contributed by atoms with E-state index in [1.54, 1.807) is 0 Å². The molecule has 114 valence electrons. The fourth-order valence-electron chi connectivity index (χ4n) is 1.47. The molecule has 21 heavy (non-hydrogen) atoms. The maximum Gasteiger partial charge on any atom is 0.273 e. The first kappa shape index (κ1) is 16.2. The normalized spacial score (nSPS) is 12.3. The first-order valence-corrected chi connectivity index (χ1v) is 9.78. The van der Waals surface area contributed by atoms with Crippen molar-refractivity contribution in [3.05, 3.63) is 40.5 Å². The molecule has 1 aromatic carbocycles. The van der Waals surface area contributed by atoms with Crippen molar-refractivity contribution < 1.29 is 16.8 Å². The van der Waals surface area contributed by atoms with Crippen molar-refractivity contribution >= 4 is 48.7 Å². The number of anilines is 1. The third-order valence-electron chi connectivity index (χ3n) is 2.30. The third kappa shape index (κ3) is 4.64. The number of nitrogens with two attached hydrogens (primary N) is 1. The Balaban J connectivity index is 2.17. The monoisotopic (exact) mass is 367 g/mol. The molecule has 0 spiro atoms. The second-order valence-corrected chi connectivity index (χ2v) is 9.18. The molecule has 1 aromatic heterocycles. The second-order valence-electron chi connectivity index (χ2n) is 4.04. The quantitative estimate of drug-likeness (QED) is 0.827. The smallest absolute Gasteiger partial charge is 0.273 e. The highest BCUT2D eigenvalue weighted by atomic mass is 35.5. The Labute approximate surface area is 130 Å². The maximum atomic E-state index is 12.0. The minimum Gasteiger partial charge on any atom is -0.279 e. The maximum absolute atomic E-state index is 12.0. The minimum absolute atomic E-state index is 0.0129. The molecule has 0 amide bonds. The van der Waals surface area contributed by atoms with E-state index in [-0.39, 0.29) is 20.1 Å². The molecule has 0 atom stereocenters. The Kier molecular flexibility index (Phi) is 4.54. The van der Waals surface area contributed by atoms with E-state index in [0.29, 0.717) is 5.56 Å².